The number of aromatic amines is 1. The predicted molar refractivity (Wildman–Crippen MR) is 107 cm³/mol. The van der Waals surface area contributed by atoms with Crippen LogP contribution in [0.15, 0.2) is 59.5 Å². The van der Waals surface area contributed by atoms with Crippen molar-refractivity contribution in [1.29, 1.82) is 0 Å². The number of carbonyl (C=O) groups excluding carboxylic acids is 1. The first-order valence-electron chi connectivity index (χ1n) is 8.92. The quantitative estimate of drug-likeness (QED) is 0.607. The largest absolute Gasteiger partial charge is 0.350 e. The normalized spacial score (nSPS) is 11.2. The molecule has 27 heavy (non-hydrogen) atoms. The highest BCUT2D eigenvalue weighted by molar-refractivity contribution is 6.06. The highest BCUT2D eigenvalue weighted by Crippen LogP contribution is 2.22. The molecule has 4 rings (SSSR count). The molecule has 0 saturated heterocycles. The van der Waals surface area contributed by atoms with Crippen LogP contribution in [0.5, 0.6) is 0 Å². The molecule has 4 aromatic rings. The number of fused-ring (bicyclic) bond motifs is 3. The fourth-order valence-electron chi connectivity index (χ4n) is 3.40. The molecule has 0 aliphatic rings. The smallest absolute Gasteiger partial charge is 0.291 e. The Labute approximate surface area is 156 Å². The van der Waals surface area contributed by atoms with Gasteiger partial charge in [-0.05, 0) is 37.6 Å². The first-order chi connectivity index (χ1) is 13.1. The maximum Gasteiger partial charge on any atom is 0.291 e. The van der Waals surface area contributed by atoms with Crippen LogP contribution in [0.1, 0.15) is 12.5 Å². The van der Waals surface area contributed by atoms with Gasteiger partial charge in [-0.25, -0.2) is 4.68 Å². The zero-order chi connectivity index (χ0) is 19.0. The van der Waals surface area contributed by atoms with Gasteiger partial charge in [-0.15, -0.1) is 0 Å². The fraction of sp³-hybridized carbons (Fsp3) is 0.190. The molecule has 0 aliphatic carbocycles. The van der Waals surface area contributed by atoms with Gasteiger partial charge in [-0.3, -0.25) is 9.59 Å². The molecule has 6 heteroatoms. The second kappa shape index (κ2) is 6.72. The van der Waals surface area contributed by atoms with E-state index >= 15 is 0 Å². The molecule has 0 atom stereocenters. The molecule has 0 aliphatic heterocycles. The molecule has 0 radical (unpaired) electrons. The number of likely N-dealkylation sites (N-methyl/N-ethyl adjacent to an activating group) is 1. The Bertz CT molecular complexity index is 1210. The number of aryl methyl sites for hydroxylation is 1. The van der Waals surface area contributed by atoms with Crippen molar-refractivity contribution >= 4 is 33.4 Å². The molecule has 0 saturated carbocycles. The van der Waals surface area contributed by atoms with E-state index in [9.17, 15) is 9.59 Å². The molecule has 0 unspecified atom stereocenters. The highest BCUT2D eigenvalue weighted by Gasteiger charge is 2.17. The monoisotopic (exact) mass is 360 g/mol. The van der Waals surface area contributed by atoms with Crippen LogP contribution in [0.3, 0.4) is 0 Å². The SMILES string of the molecule is CCN(C(=O)Cn1ncc2c([nH]c3ccccc32)c1=O)c1cccc(C)c1. The average Bonchev–Trinajstić information content (AvgIpc) is 3.04. The summed E-state index contributed by atoms with van der Waals surface area (Å²) in [6, 6.07) is 15.4. The summed E-state index contributed by atoms with van der Waals surface area (Å²) in [5.74, 6) is -0.173. The van der Waals surface area contributed by atoms with Gasteiger partial charge in [0.25, 0.3) is 5.56 Å². The number of hydrogen-bond donors (Lipinski definition) is 1. The molecule has 1 amide bonds. The highest BCUT2D eigenvalue weighted by atomic mass is 16.2. The predicted octanol–water partition coefficient (Wildman–Crippen LogP) is 3.24. The molecule has 0 fully saturated rings. The molecular formula is C21H20N4O2. The first kappa shape index (κ1) is 17.0. The van der Waals surface area contributed by atoms with Crippen molar-refractivity contribution < 1.29 is 4.79 Å². The summed E-state index contributed by atoms with van der Waals surface area (Å²) in [6.07, 6.45) is 1.64. The van der Waals surface area contributed by atoms with E-state index in [1.807, 2.05) is 62.4 Å². The molecule has 6 nitrogen and oxygen atoms in total. The third-order valence-corrected chi connectivity index (χ3v) is 4.74. The third-order valence-electron chi connectivity index (χ3n) is 4.74. The molecule has 2 heterocycles. The van der Waals surface area contributed by atoms with Gasteiger partial charge in [0.05, 0.1) is 6.20 Å². The van der Waals surface area contributed by atoms with Crippen LogP contribution in [0.4, 0.5) is 5.69 Å². The average molecular weight is 360 g/mol. The lowest BCUT2D eigenvalue weighted by atomic mass is 10.2. The lowest BCUT2D eigenvalue weighted by Gasteiger charge is -2.21. The topological polar surface area (TPSA) is 71.0 Å². The van der Waals surface area contributed by atoms with E-state index in [1.54, 1.807) is 11.1 Å². The van der Waals surface area contributed by atoms with Gasteiger partial charge < -0.3 is 9.88 Å². The summed E-state index contributed by atoms with van der Waals surface area (Å²) in [5, 5.41) is 5.95. The number of para-hydroxylation sites is 1. The van der Waals surface area contributed by atoms with Crippen LogP contribution < -0.4 is 10.5 Å². The van der Waals surface area contributed by atoms with Crippen LogP contribution in [0.2, 0.25) is 0 Å². The molecule has 136 valence electrons. The standard InChI is InChI=1S/C21H20N4O2/c1-3-24(15-8-6-7-14(2)11-15)19(26)13-25-21(27)20-17(12-22-25)16-9-4-5-10-18(16)23-20/h4-12,23H,3,13H2,1-2H3. The van der Waals surface area contributed by atoms with Crippen molar-refractivity contribution in [2.75, 3.05) is 11.4 Å². The van der Waals surface area contributed by atoms with Gasteiger partial charge in [0.2, 0.25) is 5.91 Å². The van der Waals surface area contributed by atoms with E-state index in [2.05, 4.69) is 10.1 Å². The number of H-pyrrole nitrogens is 1. The number of anilines is 1. The van der Waals surface area contributed by atoms with Gasteiger partial charge in [0.1, 0.15) is 12.1 Å². The third kappa shape index (κ3) is 2.99. The van der Waals surface area contributed by atoms with E-state index in [0.29, 0.717) is 12.1 Å². The minimum Gasteiger partial charge on any atom is -0.350 e. The number of rotatable bonds is 4. The Kier molecular flexibility index (Phi) is 4.24. The maximum absolute atomic E-state index is 12.8. The molecule has 1 N–H and O–H groups in total. The number of hydrogen-bond acceptors (Lipinski definition) is 3. The number of carbonyl (C=O) groups is 1. The van der Waals surface area contributed by atoms with Crippen LogP contribution in [0.25, 0.3) is 21.8 Å². The van der Waals surface area contributed by atoms with E-state index in [1.165, 1.54) is 4.68 Å². The summed E-state index contributed by atoms with van der Waals surface area (Å²) in [5.41, 5.74) is 2.95. The van der Waals surface area contributed by atoms with Gasteiger partial charge in [0.15, 0.2) is 0 Å². The van der Waals surface area contributed by atoms with Crippen molar-refractivity contribution in [2.24, 2.45) is 0 Å². The van der Waals surface area contributed by atoms with E-state index in [-0.39, 0.29) is 18.0 Å². The van der Waals surface area contributed by atoms with Crippen LogP contribution in [-0.2, 0) is 11.3 Å². The van der Waals surface area contributed by atoms with Crippen LogP contribution >= 0.6 is 0 Å². The summed E-state index contributed by atoms with van der Waals surface area (Å²) < 4.78 is 1.22. The Morgan fingerprint density at radius 2 is 1.96 bits per heavy atom. The van der Waals surface area contributed by atoms with Crippen molar-refractivity contribution in [3.8, 4) is 0 Å². The van der Waals surface area contributed by atoms with E-state index < -0.39 is 0 Å². The Morgan fingerprint density at radius 1 is 1.15 bits per heavy atom. The van der Waals surface area contributed by atoms with E-state index in [0.717, 1.165) is 27.5 Å². The second-order valence-electron chi connectivity index (χ2n) is 6.54. The second-order valence-corrected chi connectivity index (χ2v) is 6.54. The Morgan fingerprint density at radius 3 is 2.74 bits per heavy atom. The summed E-state index contributed by atoms with van der Waals surface area (Å²) in [7, 11) is 0. The minimum absolute atomic E-state index is 0.105. The van der Waals surface area contributed by atoms with Gasteiger partial charge in [-0.1, -0.05) is 30.3 Å². The summed E-state index contributed by atoms with van der Waals surface area (Å²) in [6.45, 7) is 4.31. The number of nitrogens with one attached hydrogen (secondary N) is 1. The first-order valence-corrected chi connectivity index (χ1v) is 8.92. The van der Waals surface area contributed by atoms with E-state index in [4.69, 9.17) is 0 Å². The lowest BCUT2D eigenvalue weighted by Crippen LogP contribution is -2.37. The zero-order valence-corrected chi connectivity index (χ0v) is 15.3. The van der Waals surface area contributed by atoms with Crippen LogP contribution in [0, 0.1) is 6.92 Å². The maximum atomic E-state index is 12.8. The Hall–Kier alpha value is -3.41. The zero-order valence-electron chi connectivity index (χ0n) is 15.3. The summed E-state index contributed by atoms with van der Waals surface area (Å²) >= 11 is 0. The molecule has 2 aromatic carbocycles. The van der Waals surface area contributed by atoms with Crippen LogP contribution in [-0.4, -0.2) is 27.2 Å². The van der Waals surface area contributed by atoms with Crippen molar-refractivity contribution in [3.63, 3.8) is 0 Å². The molecule has 0 spiro atoms. The van der Waals surface area contributed by atoms with Gasteiger partial charge in [0, 0.05) is 28.5 Å². The van der Waals surface area contributed by atoms with Gasteiger partial charge in [-0.2, -0.15) is 5.10 Å². The number of benzene rings is 2. The minimum atomic E-state index is -0.294. The fourth-order valence-corrected chi connectivity index (χ4v) is 3.40. The molecular weight excluding hydrogens is 340 g/mol. The van der Waals surface area contributed by atoms with Gasteiger partial charge >= 0.3 is 0 Å². The number of amides is 1. The van der Waals surface area contributed by atoms with Crippen molar-refractivity contribution in [1.82, 2.24) is 14.8 Å². The summed E-state index contributed by atoms with van der Waals surface area (Å²) in [4.78, 5) is 30.5. The molecule has 2 aromatic heterocycles. The number of aromatic nitrogens is 3. The van der Waals surface area contributed by atoms with Crippen molar-refractivity contribution in [2.45, 2.75) is 20.4 Å². The van der Waals surface area contributed by atoms with Crippen molar-refractivity contribution in [3.05, 3.63) is 70.6 Å². The lowest BCUT2D eigenvalue weighted by molar-refractivity contribution is -0.119. The molecule has 0 bridgehead atoms. The Balaban J connectivity index is 1.70. The number of nitrogens with zero attached hydrogens (tertiary/aromatic N) is 3.